The summed E-state index contributed by atoms with van der Waals surface area (Å²) in [6.07, 6.45) is 6.99. The quantitative estimate of drug-likeness (QED) is 0.201. The number of carbonyl (C=O) groups is 1. The van der Waals surface area contributed by atoms with Crippen molar-refractivity contribution in [1.82, 2.24) is 20.1 Å². The van der Waals surface area contributed by atoms with Gasteiger partial charge in [-0.15, -0.1) is 10.2 Å². The van der Waals surface area contributed by atoms with Gasteiger partial charge in [0, 0.05) is 29.5 Å². The van der Waals surface area contributed by atoms with Gasteiger partial charge in [0.2, 0.25) is 0 Å². The van der Waals surface area contributed by atoms with Crippen LogP contribution in [0.5, 0.6) is 5.75 Å². The summed E-state index contributed by atoms with van der Waals surface area (Å²) in [5.41, 5.74) is 10.2. The van der Waals surface area contributed by atoms with Crippen molar-refractivity contribution in [3.05, 3.63) is 66.1 Å². The molecule has 6 rings (SSSR count). The van der Waals surface area contributed by atoms with E-state index in [0.717, 1.165) is 56.1 Å². The van der Waals surface area contributed by atoms with Gasteiger partial charge >= 0.3 is 5.97 Å². The van der Waals surface area contributed by atoms with Crippen LogP contribution in [-0.2, 0) is 9.53 Å². The van der Waals surface area contributed by atoms with E-state index in [1.165, 1.54) is 10.6 Å². The van der Waals surface area contributed by atoms with Gasteiger partial charge in [-0.05, 0) is 74.3 Å². The van der Waals surface area contributed by atoms with E-state index in [1.54, 1.807) is 18.3 Å². The standard InChI is InChI=1S/C30H36N6O3.C2H6/c1-2-39-29(38)28(19-6-5-7-19)36(32)16-27(31)35-17-30(18-35)14-22(15-30)20-10-11-21-13-25(34-33-24(21)12-20)23-8-3-4-9-26(23)37;1-2/h3-4,8-13,16,19,22,28,37H,2,5-7,14-15,17-18,31-32H2,1H3;1-2H3/b27-16+;. The number of para-hydroxylation sites is 1. The smallest absolute Gasteiger partial charge is 0.330 e. The Labute approximate surface area is 242 Å². The Bertz CT molecular complexity index is 1410. The average molecular weight is 559 g/mol. The highest BCUT2D eigenvalue weighted by molar-refractivity contribution is 5.83. The molecule has 1 atom stereocenters. The monoisotopic (exact) mass is 558 g/mol. The predicted molar refractivity (Wildman–Crippen MR) is 160 cm³/mol. The number of phenols is 1. The van der Waals surface area contributed by atoms with Crippen molar-refractivity contribution in [2.45, 2.75) is 64.8 Å². The largest absolute Gasteiger partial charge is 0.507 e. The molecule has 5 N–H and O–H groups in total. The van der Waals surface area contributed by atoms with Crippen LogP contribution in [0.4, 0.5) is 0 Å². The zero-order chi connectivity index (χ0) is 29.1. The van der Waals surface area contributed by atoms with Crippen molar-refractivity contribution in [3.63, 3.8) is 0 Å². The molecular weight excluding hydrogens is 516 g/mol. The number of carbonyl (C=O) groups excluding carboxylic acids is 1. The first-order chi connectivity index (χ1) is 19.9. The number of hydrogen-bond acceptors (Lipinski definition) is 9. The molecule has 3 fully saturated rings. The Balaban J connectivity index is 0.00000165. The Morgan fingerprint density at radius 3 is 2.56 bits per heavy atom. The zero-order valence-corrected chi connectivity index (χ0v) is 24.3. The van der Waals surface area contributed by atoms with Crippen LogP contribution in [0, 0.1) is 11.3 Å². The molecule has 218 valence electrons. The molecule has 0 radical (unpaired) electrons. The molecular formula is C32H42N6O3. The molecule has 1 saturated heterocycles. The summed E-state index contributed by atoms with van der Waals surface area (Å²) >= 11 is 0. The van der Waals surface area contributed by atoms with Gasteiger partial charge in [-0.25, -0.2) is 10.6 Å². The maximum Gasteiger partial charge on any atom is 0.330 e. The lowest BCUT2D eigenvalue weighted by Gasteiger charge is -2.60. The SMILES string of the molecule is CC.CCOC(=O)C(C1CCC1)N(N)/C=C(\N)N1CC2(CC(c3ccc4cc(-c5ccccc5O)nnc4c3)C2)C1. The molecule has 0 amide bonds. The Morgan fingerprint density at radius 1 is 1.17 bits per heavy atom. The fourth-order valence-electron chi connectivity index (χ4n) is 6.41. The van der Waals surface area contributed by atoms with Crippen molar-refractivity contribution in [2.75, 3.05) is 19.7 Å². The van der Waals surface area contributed by atoms with E-state index in [0.29, 0.717) is 29.6 Å². The third-order valence-electron chi connectivity index (χ3n) is 8.77. The minimum Gasteiger partial charge on any atom is -0.507 e. The third kappa shape index (κ3) is 5.68. The molecule has 1 unspecified atom stereocenters. The van der Waals surface area contributed by atoms with Crippen LogP contribution in [0.3, 0.4) is 0 Å². The number of nitrogens with zero attached hydrogens (tertiary/aromatic N) is 4. The van der Waals surface area contributed by atoms with Crippen LogP contribution in [0.15, 0.2) is 60.6 Å². The predicted octanol–water partition coefficient (Wildman–Crippen LogP) is 4.87. The van der Waals surface area contributed by atoms with Gasteiger partial charge in [0.1, 0.15) is 17.6 Å². The number of nitrogens with two attached hydrogens (primary N) is 2. The lowest BCUT2D eigenvalue weighted by atomic mass is 9.56. The number of benzene rings is 2. The number of esters is 1. The second-order valence-corrected chi connectivity index (χ2v) is 11.4. The second kappa shape index (κ2) is 11.9. The van der Waals surface area contributed by atoms with Gasteiger partial charge in [-0.3, -0.25) is 0 Å². The number of hydrazine groups is 1. The molecule has 2 aliphatic carbocycles. The summed E-state index contributed by atoms with van der Waals surface area (Å²) in [7, 11) is 0. The van der Waals surface area contributed by atoms with Gasteiger partial charge in [-0.1, -0.05) is 44.5 Å². The molecule has 41 heavy (non-hydrogen) atoms. The maximum absolute atomic E-state index is 12.5. The average Bonchev–Trinajstić information content (AvgIpc) is 2.90. The van der Waals surface area contributed by atoms with E-state index >= 15 is 0 Å². The highest BCUT2D eigenvalue weighted by atomic mass is 16.5. The fourth-order valence-corrected chi connectivity index (χ4v) is 6.41. The molecule has 0 bridgehead atoms. The van der Waals surface area contributed by atoms with E-state index < -0.39 is 6.04 Å². The van der Waals surface area contributed by atoms with E-state index in [4.69, 9.17) is 16.3 Å². The molecule has 3 aromatic rings. The molecule has 1 aliphatic heterocycles. The number of phenolic OH excluding ortho intramolecular Hbond substituents is 1. The lowest BCUT2D eigenvalue weighted by molar-refractivity contribution is -0.152. The number of likely N-dealkylation sites (tertiary alicyclic amines) is 1. The lowest BCUT2D eigenvalue weighted by Crippen LogP contribution is -2.62. The first kappa shape index (κ1) is 28.7. The minimum absolute atomic E-state index is 0.198. The van der Waals surface area contributed by atoms with Crippen LogP contribution < -0.4 is 11.6 Å². The Hall–Kier alpha value is -3.85. The highest BCUT2D eigenvalue weighted by Gasteiger charge is 2.53. The van der Waals surface area contributed by atoms with Crippen LogP contribution in [0.1, 0.15) is 64.4 Å². The number of fused-ring (bicyclic) bond motifs is 1. The number of hydrogen-bond donors (Lipinski definition) is 3. The number of aromatic nitrogens is 2. The first-order valence-corrected chi connectivity index (χ1v) is 14.8. The van der Waals surface area contributed by atoms with Gasteiger partial charge in [0.15, 0.2) is 0 Å². The summed E-state index contributed by atoms with van der Waals surface area (Å²) in [5.74, 6) is 7.54. The first-order valence-electron chi connectivity index (χ1n) is 14.8. The van der Waals surface area contributed by atoms with Crippen molar-refractivity contribution in [3.8, 4) is 17.0 Å². The molecule has 9 nitrogen and oxygen atoms in total. The van der Waals surface area contributed by atoms with Crippen molar-refractivity contribution in [1.29, 1.82) is 0 Å². The maximum atomic E-state index is 12.5. The number of rotatable bonds is 8. The van der Waals surface area contributed by atoms with E-state index in [9.17, 15) is 9.90 Å². The normalized spacial score (nSPS) is 18.9. The molecule has 2 saturated carbocycles. The van der Waals surface area contributed by atoms with E-state index in [-0.39, 0.29) is 23.1 Å². The van der Waals surface area contributed by atoms with Crippen LogP contribution in [-0.4, -0.2) is 56.9 Å². The van der Waals surface area contributed by atoms with Crippen LogP contribution in [0.2, 0.25) is 0 Å². The van der Waals surface area contributed by atoms with Gasteiger partial charge in [0.05, 0.1) is 24.0 Å². The molecule has 2 heterocycles. The molecule has 9 heteroatoms. The highest BCUT2D eigenvalue weighted by Crippen LogP contribution is 2.56. The van der Waals surface area contributed by atoms with E-state index in [2.05, 4.69) is 33.3 Å². The minimum atomic E-state index is -0.481. The van der Waals surface area contributed by atoms with Gasteiger partial charge < -0.3 is 25.5 Å². The third-order valence-corrected chi connectivity index (χ3v) is 8.77. The molecule has 3 aliphatic rings. The number of aromatic hydroxyl groups is 1. The second-order valence-electron chi connectivity index (χ2n) is 11.4. The van der Waals surface area contributed by atoms with Crippen LogP contribution >= 0.6 is 0 Å². The summed E-state index contributed by atoms with van der Waals surface area (Å²) in [5, 5.41) is 21.4. The van der Waals surface area contributed by atoms with Crippen molar-refractivity contribution >= 4 is 16.9 Å². The summed E-state index contributed by atoms with van der Waals surface area (Å²) in [6.45, 7) is 7.94. The summed E-state index contributed by atoms with van der Waals surface area (Å²) < 4.78 is 5.27. The topological polar surface area (TPSA) is 131 Å². The summed E-state index contributed by atoms with van der Waals surface area (Å²) in [4.78, 5) is 14.7. The van der Waals surface area contributed by atoms with Gasteiger partial charge in [-0.2, -0.15) is 0 Å². The Morgan fingerprint density at radius 2 is 1.90 bits per heavy atom. The van der Waals surface area contributed by atoms with Crippen molar-refractivity contribution in [2.24, 2.45) is 22.9 Å². The number of ether oxygens (including phenoxy) is 1. The Kier molecular flexibility index (Phi) is 8.35. The van der Waals surface area contributed by atoms with Crippen molar-refractivity contribution < 1.29 is 14.6 Å². The molecule has 1 aromatic heterocycles. The summed E-state index contributed by atoms with van der Waals surface area (Å²) in [6, 6.07) is 15.1. The van der Waals surface area contributed by atoms with Gasteiger partial charge in [0.25, 0.3) is 0 Å². The van der Waals surface area contributed by atoms with Crippen LogP contribution in [0.25, 0.3) is 22.2 Å². The van der Waals surface area contributed by atoms with E-state index in [1.807, 2.05) is 39.0 Å². The molecule has 2 aromatic carbocycles. The zero-order valence-electron chi connectivity index (χ0n) is 24.3. The molecule has 1 spiro atoms. The fraction of sp³-hybridized carbons (Fsp3) is 0.469.